The number of ether oxygens (including phenoxy) is 2. The highest BCUT2D eigenvalue weighted by Crippen LogP contribution is 2.36. The third-order valence-electron chi connectivity index (χ3n) is 5.61. The minimum Gasteiger partial charge on any atom is -0.490 e. The third-order valence-corrected chi connectivity index (χ3v) is 5.61. The first-order valence-electron chi connectivity index (χ1n) is 11.4. The molecule has 4 rings (SSSR count). The van der Waals surface area contributed by atoms with E-state index in [4.69, 9.17) is 19.0 Å². The SMILES string of the molecule is CCCc1c(-c2noc(-c3ccc(OCC)c(OCC)c3)n2)cccc1N1CC[C@@H](O)C1. The molecular weight excluding hydrogens is 406 g/mol. The summed E-state index contributed by atoms with van der Waals surface area (Å²) in [5.41, 5.74) is 4.09. The standard InChI is InChI=1S/C25H31N3O4/c1-4-8-19-20(9-7-10-21(19)28-14-13-18(29)16-28)24-26-25(32-27-24)17-11-12-22(30-5-2)23(15-17)31-6-3/h7,9-12,15,18,29H,4-6,8,13-14,16H2,1-3H3/t18-/m1/s1. The lowest BCUT2D eigenvalue weighted by Gasteiger charge is -2.23. The normalized spacial score (nSPS) is 15.9. The van der Waals surface area contributed by atoms with Gasteiger partial charge in [0.25, 0.3) is 5.89 Å². The molecule has 0 spiro atoms. The van der Waals surface area contributed by atoms with Gasteiger partial charge in [0.1, 0.15) is 0 Å². The van der Waals surface area contributed by atoms with Crippen molar-refractivity contribution in [1.82, 2.24) is 10.1 Å². The van der Waals surface area contributed by atoms with Gasteiger partial charge < -0.3 is 24.0 Å². The zero-order valence-electron chi connectivity index (χ0n) is 19.0. The Balaban J connectivity index is 1.69. The van der Waals surface area contributed by atoms with E-state index < -0.39 is 0 Å². The third kappa shape index (κ3) is 4.58. The molecule has 0 saturated carbocycles. The Morgan fingerprint density at radius 2 is 1.91 bits per heavy atom. The highest BCUT2D eigenvalue weighted by Gasteiger charge is 2.24. The number of aliphatic hydroxyl groups excluding tert-OH is 1. The van der Waals surface area contributed by atoms with Crippen molar-refractivity contribution in [2.75, 3.05) is 31.2 Å². The Bertz CT molecular complexity index is 1050. The molecule has 3 aromatic rings. The van der Waals surface area contributed by atoms with Gasteiger partial charge in [0.05, 0.1) is 19.3 Å². The van der Waals surface area contributed by atoms with Crippen LogP contribution in [0.2, 0.25) is 0 Å². The number of β-amino-alcohol motifs (C(OH)–C–C–N with tert-alkyl or cyclic N) is 1. The van der Waals surface area contributed by atoms with Crippen LogP contribution in [-0.4, -0.2) is 47.7 Å². The van der Waals surface area contributed by atoms with Crippen LogP contribution in [-0.2, 0) is 6.42 Å². The lowest BCUT2D eigenvalue weighted by molar-refractivity contribution is 0.198. The summed E-state index contributed by atoms with van der Waals surface area (Å²) >= 11 is 0. The van der Waals surface area contributed by atoms with E-state index in [2.05, 4.69) is 23.0 Å². The van der Waals surface area contributed by atoms with E-state index in [9.17, 15) is 5.11 Å². The van der Waals surface area contributed by atoms with Gasteiger partial charge in [0, 0.05) is 29.9 Å². The summed E-state index contributed by atoms with van der Waals surface area (Å²) in [4.78, 5) is 6.96. The zero-order chi connectivity index (χ0) is 22.5. The van der Waals surface area contributed by atoms with Crippen LogP contribution < -0.4 is 14.4 Å². The summed E-state index contributed by atoms with van der Waals surface area (Å²) < 4.78 is 17.0. The number of hydrogen-bond acceptors (Lipinski definition) is 7. The molecule has 0 radical (unpaired) electrons. The molecule has 1 atom stereocenters. The predicted octanol–water partition coefficient (Wildman–Crippen LogP) is 4.72. The van der Waals surface area contributed by atoms with E-state index >= 15 is 0 Å². The molecule has 2 heterocycles. The first-order valence-corrected chi connectivity index (χ1v) is 11.4. The van der Waals surface area contributed by atoms with Gasteiger partial charge in [0.2, 0.25) is 5.82 Å². The minimum absolute atomic E-state index is 0.274. The molecule has 0 bridgehead atoms. The maximum absolute atomic E-state index is 10.0. The fourth-order valence-corrected chi connectivity index (χ4v) is 4.19. The first-order chi connectivity index (χ1) is 15.6. The Morgan fingerprint density at radius 3 is 2.62 bits per heavy atom. The molecule has 2 aromatic carbocycles. The molecule has 1 fully saturated rings. The van der Waals surface area contributed by atoms with Gasteiger partial charge in [-0.1, -0.05) is 30.6 Å². The number of hydrogen-bond donors (Lipinski definition) is 1. The van der Waals surface area contributed by atoms with Crippen molar-refractivity contribution in [3.63, 3.8) is 0 Å². The van der Waals surface area contributed by atoms with Crippen molar-refractivity contribution in [3.8, 4) is 34.3 Å². The number of anilines is 1. The van der Waals surface area contributed by atoms with Crippen molar-refractivity contribution in [2.45, 2.75) is 46.1 Å². The highest BCUT2D eigenvalue weighted by molar-refractivity contribution is 5.72. The number of nitrogens with zero attached hydrogens (tertiary/aromatic N) is 3. The van der Waals surface area contributed by atoms with Gasteiger partial charge in [-0.25, -0.2) is 0 Å². The fraction of sp³-hybridized carbons (Fsp3) is 0.440. The van der Waals surface area contributed by atoms with Crippen LogP contribution in [0.1, 0.15) is 39.2 Å². The molecular formula is C25H31N3O4. The summed E-state index contributed by atoms with van der Waals surface area (Å²) in [6, 6.07) is 11.8. The molecule has 1 aliphatic heterocycles. The van der Waals surface area contributed by atoms with Crippen molar-refractivity contribution < 1.29 is 19.1 Å². The lowest BCUT2D eigenvalue weighted by Crippen LogP contribution is -2.22. The molecule has 1 aliphatic rings. The largest absolute Gasteiger partial charge is 0.490 e. The number of aliphatic hydroxyl groups is 1. The maximum atomic E-state index is 10.0. The van der Waals surface area contributed by atoms with Crippen molar-refractivity contribution in [3.05, 3.63) is 42.0 Å². The number of rotatable bonds is 9. The Kier molecular flexibility index (Phi) is 6.95. The average Bonchev–Trinajstić information content (AvgIpc) is 3.45. The van der Waals surface area contributed by atoms with E-state index in [1.54, 1.807) is 0 Å². The average molecular weight is 438 g/mol. The number of benzene rings is 2. The Hall–Kier alpha value is -3.06. The van der Waals surface area contributed by atoms with Gasteiger partial charge in [0.15, 0.2) is 11.5 Å². The van der Waals surface area contributed by atoms with Crippen LogP contribution in [0, 0.1) is 0 Å². The Morgan fingerprint density at radius 1 is 1.09 bits per heavy atom. The summed E-state index contributed by atoms with van der Waals surface area (Å²) in [6.45, 7) is 8.66. The van der Waals surface area contributed by atoms with Gasteiger partial charge in [-0.15, -0.1) is 0 Å². The molecule has 1 saturated heterocycles. The first kappa shape index (κ1) is 22.1. The zero-order valence-corrected chi connectivity index (χ0v) is 19.0. The fourth-order valence-electron chi connectivity index (χ4n) is 4.19. The van der Waals surface area contributed by atoms with Crippen LogP contribution in [0.5, 0.6) is 11.5 Å². The van der Waals surface area contributed by atoms with Crippen molar-refractivity contribution in [1.29, 1.82) is 0 Å². The van der Waals surface area contributed by atoms with Crippen LogP contribution in [0.4, 0.5) is 5.69 Å². The van der Waals surface area contributed by atoms with E-state index in [1.165, 1.54) is 5.56 Å². The summed E-state index contributed by atoms with van der Waals surface area (Å²) in [5, 5.41) is 14.3. The molecule has 170 valence electrons. The van der Waals surface area contributed by atoms with Crippen molar-refractivity contribution in [2.24, 2.45) is 0 Å². The summed E-state index contributed by atoms with van der Waals surface area (Å²) in [7, 11) is 0. The summed E-state index contributed by atoms with van der Waals surface area (Å²) in [6.07, 6.45) is 2.42. The second kappa shape index (κ2) is 10.0. The van der Waals surface area contributed by atoms with E-state index in [0.29, 0.717) is 43.0 Å². The van der Waals surface area contributed by atoms with Gasteiger partial charge in [-0.2, -0.15) is 4.98 Å². The lowest BCUT2D eigenvalue weighted by atomic mass is 9.99. The van der Waals surface area contributed by atoms with Gasteiger partial charge >= 0.3 is 0 Å². The molecule has 32 heavy (non-hydrogen) atoms. The highest BCUT2D eigenvalue weighted by atomic mass is 16.5. The van der Waals surface area contributed by atoms with Gasteiger partial charge in [-0.05, 0) is 56.5 Å². The van der Waals surface area contributed by atoms with Gasteiger partial charge in [-0.3, -0.25) is 0 Å². The van der Waals surface area contributed by atoms with E-state index in [0.717, 1.165) is 42.6 Å². The second-order valence-electron chi connectivity index (χ2n) is 7.89. The topological polar surface area (TPSA) is 80.9 Å². The van der Waals surface area contributed by atoms with E-state index in [1.807, 2.05) is 44.2 Å². The summed E-state index contributed by atoms with van der Waals surface area (Å²) in [5.74, 6) is 2.36. The molecule has 1 N–H and O–H groups in total. The maximum Gasteiger partial charge on any atom is 0.258 e. The molecule has 7 heteroatoms. The molecule has 0 unspecified atom stereocenters. The van der Waals surface area contributed by atoms with Crippen molar-refractivity contribution >= 4 is 5.69 Å². The molecule has 0 aliphatic carbocycles. The monoisotopic (exact) mass is 437 g/mol. The Labute approximate surface area is 189 Å². The smallest absolute Gasteiger partial charge is 0.258 e. The van der Waals surface area contributed by atoms with Crippen LogP contribution in [0.15, 0.2) is 40.9 Å². The number of aromatic nitrogens is 2. The van der Waals surface area contributed by atoms with E-state index in [-0.39, 0.29) is 6.10 Å². The van der Waals surface area contributed by atoms with Crippen LogP contribution in [0.3, 0.4) is 0 Å². The van der Waals surface area contributed by atoms with Crippen LogP contribution in [0.25, 0.3) is 22.8 Å². The quantitative estimate of drug-likeness (QED) is 0.518. The molecule has 7 nitrogen and oxygen atoms in total. The molecule has 1 aromatic heterocycles. The predicted molar refractivity (Wildman–Crippen MR) is 124 cm³/mol. The van der Waals surface area contributed by atoms with Crippen LogP contribution >= 0.6 is 0 Å². The molecule has 0 amide bonds. The second-order valence-corrected chi connectivity index (χ2v) is 7.89. The minimum atomic E-state index is -0.274.